The van der Waals surface area contributed by atoms with E-state index in [0.717, 1.165) is 5.56 Å². The van der Waals surface area contributed by atoms with Crippen LogP contribution in [-0.4, -0.2) is 16.0 Å². The number of aromatic nitrogens is 1. The van der Waals surface area contributed by atoms with Crippen molar-refractivity contribution in [1.29, 1.82) is 0 Å². The Morgan fingerprint density at radius 2 is 2.10 bits per heavy atom. The van der Waals surface area contributed by atoms with Gasteiger partial charge in [-0.1, -0.05) is 30.3 Å². The van der Waals surface area contributed by atoms with Gasteiger partial charge in [-0.05, 0) is 18.1 Å². The van der Waals surface area contributed by atoms with Gasteiger partial charge in [0.2, 0.25) is 5.82 Å². The normalized spacial score (nSPS) is 9.95. The van der Waals surface area contributed by atoms with E-state index in [1.807, 2.05) is 18.2 Å². The second-order valence-electron chi connectivity index (χ2n) is 4.32. The third kappa shape index (κ3) is 4.00. The molecule has 0 bridgehead atoms. The summed E-state index contributed by atoms with van der Waals surface area (Å²) in [5, 5.41) is 13.2. The number of benzene rings is 1. The van der Waals surface area contributed by atoms with Crippen molar-refractivity contribution in [3.05, 3.63) is 63.8 Å². The van der Waals surface area contributed by atoms with Crippen LogP contribution >= 0.6 is 0 Å². The van der Waals surface area contributed by atoms with Crippen LogP contribution < -0.4 is 5.32 Å². The number of anilines is 1. The van der Waals surface area contributed by atoms with Crippen molar-refractivity contribution in [3.8, 4) is 0 Å². The van der Waals surface area contributed by atoms with E-state index in [2.05, 4.69) is 10.3 Å². The maximum Gasteiger partial charge on any atom is 0.413 e. The van der Waals surface area contributed by atoms with Crippen molar-refractivity contribution in [3.63, 3.8) is 0 Å². The van der Waals surface area contributed by atoms with Crippen LogP contribution in [0.25, 0.3) is 0 Å². The maximum atomic E-state index is 11.6. The number of hydrogen-bond donors (Lipinski definition) is 1. The molecular weight excluding hydrogens is 274 g/mol. The Balaban J connectivity index is 2.01. The topological polar surface area (TPSA) is 94.4 Å². The predicted octanol–water partition coefficient (Wildman–Crippen LogP) is 3.05. The summed E-state index contributed by atoms with van der Waals surface area (Å²) in [6.07, 6.45) is 0.637. The van der Waals surface area contributed by atoms with Crippen LogP contribution in [0, 0.1) is 17.0 Å². The molecule has 21 heavy (non-hydrogen) atoms. The minimum atomic E-state index is -0.793. The molecule has 2 rings (SSSR count). The molecule has 7 heteroatoms. The zero-order valence-corrected chi connectivity index (χ0v) is 11.3. The standard InChI is InChI=1S/C14H13N3O4/c1-10-7-12(17(19)20)13(15-8-10)16-14(18)21-9-11-5-3-2-4-6-11/h2-8H,9H2,1H3,(H,15,16,18). The third-order valence-electron chi connectivity index (χ3n) is 2.63. The summed E-state index contributed by atoms with van der Waals surface area (Å²) in [4.78, 5) is 25.8. The molecule has 7 nitrogen and oxygen atoms in total. The Morgan fingerprint density at radius 3 is 2.76 bits per heavy atom. The number of aryl methyl sites for hydroxylation is 1. The maximum absolute atomic E-state index is 11.6. The molecule has 0 spiro atoms. The summed E-state index contributed by atoms with van der Waals surface area (Å²) < 4.78 is 4.98. The summed E-state index contributed by atoms with van der Waals surface area (Å²) in [6, 6.07) is 10.4. The number of nitro groups is 1. The number of rotatable bonds is 4. The van der Waals surface area contributed by atoms with E-state index in [9.17, 15) is 14.9 Å². The van der Waals surface area contributed by atoms with E-state index >= 15 is 0 Å². The van der Waals surface area contributed by atoms with E-state index in [1.165, 1.54) is 12.3 Å². The van der Waals surface area contributed by atoms with Crippen LogP contribution in [0.1, 0.15) is 11.1 Å². The average Bonchev–Trinajstić information content (AvgIpc) is 2.48. The molecule has 1 N–H and O–H groups in total. The van der Waals surface area contributed by atoms with Crippen molar-refractivity contribution in [1.82, 2.24) is 4.98 Å². The molecule has 0 radical (unpaired) electrons. The van der Waals surface area contributed by atoms with Crippen LogP contribution in [0.5, 0.6) is 0 Å². The number of ether oxygens (including phenoxy) is 1. The molecular formula is C14H13N3O4. The number of nitrogens with one attached hydrogen (secondary N) is 1. The van der Waals surface area contributed by atoms with E-state index < -0.39 is 11.0 Å². The van der Waals surface area contributed by atoms with Crippen LogP contribution in [0.15, 0.2) is 42.6 Å². The largest absolute Gasteiger partial charge is 0.444 e. The number of pyridine rings is 1. The van der Waals surface area contributed by atoms with Crippen molar-refractivity contribution in [2.75, 3.05) is 5.32 Å². The monoisotopic (exact) mass is 287 g/mol. The molecule has 0 aliphatic heterocycles. The molecule has 0 saturated heterocycles. The first-order valence-electron chi connectivity index (χ1n) is 6.15. The number of hydrogen-bond acceptors (Lipinski definition) is 5. The van der Waals surface area contributed by atoms with E-state index in [1.54, 1.807) is 19.1 Å². The van der Waals surface area contributed by atoms with Gasteiger partial charge in [0.15, 0.2) is 0 Å². The van der Waals surface area contributed by atoms with Crippen LogP contribution in [0.3, 0.4) is 0 Å². The van der Waals surface area contributed by atoms with Crippen molar-refractivity contribution < 1.29 is 14.5 Å². The Hall–Kier alpha value is -2.96. The molecule has 108 valence electrons. The summed E-state index contributed by atoms with van der Waals surface area (Å²) in [5.41, 5.74) is 1.18. The first-order chi connectivity index (χ1) is 10.1. The lowest BCUT2D eigenvalue weighted by Crippen LogP contribution is -2.15. The number of carbonyl (C=O) groups is 1. The SMILES string of the molecule is Cc1cnc(NC(=O)OCc2ccccc2)c([N+](=O)[O-])c1. The molecule has 1 amide bonds. The predicted molar refractivity (Wildman–Crippen MR) is 75.9 cm³/mol. The van der Waals surface area contributed by atoms with E-state index in [-0.39, 0.29) is 18.1 Å². The van der Waals surface area contributed by atoms with Crippen molar-refractivity contribution >= 4 is 17.6 Å². The molecule has 0 saturated carbocycles. The lowest BCUT2D eigenvalue weighted by Gasteiger charge is -2.07. The smallest absolute Gasteiger partial charge is 0.413 e. The first kappa shape index (κ1) is 14.4. The fourth-order valence-electron chi connectivity index (χ4n) is 1.65. The van der Waals surface area contributed by atoms with Crippen molar-refractivity contribution in [2.24, 2.45) is 0 Å². The Labute approximate surface area is 120 Å². The molecule has 0 atom stereocenters. The van der Waals surface area contributed by atoms with Crippen LogP contribution in [0.4, 0.5) is 16.3 Å². The molecule has 0 aliphatic carbocycles. The highest BCUT2D eigenvalue weighted by Gasteiger charge is 2.18. The quantitative estimate of drug-likeness (QED) is 0.689. The van der Waals surface area contributed by atoms with Crippen molar-refractivity contribution in [2.45, 2.75) is 13.5 Å². The third-order valence-corrected chi connectivity index (χ3v) is 2.63. The van der Waals surface area contributed by atoms with Gasteiger partial charge in [-0.2, -0.15) is 0 Å². The highest BCUT2D eigenvalue weighted by Crippen LogP contribution is 2.22. The summed E-state index contributed by atoms with van der Waals surface area (Å²) in [6.45, 7) is 1.75. The van der Waals surface area contributed by atoms with Gasteiger partial charge in [-0.3, -0.25) is 15.4 Å². The van der Waals surface area contributed by atoms with Gasteiger partial charge in [0, 0.05) is 12.3 Å². The molecule has 2 aromatic rings. The number of amides is 1. The molecule has 1 aromatic heterocycles. The van der Waals surface area contributed by atoms with Gasteiger partial charge >= 0.3 is 11.8 Å². The van der Waals surface area contributed by atoms with E-state index in [0.29, 0.717) is 5.56 Å². The summed E-state index contributed by atoms with van der Waals surface area (Å²) in [7, 11) is 0. The second-order valence-corrected chi connectivity index (χ2v) is 4.32. The van der Waals surface area contributed by atoms with Crippen LogP contribution in [-0.2, 0) is 11.3 Å². The minimum Gasteiger partial charge on any atom is -0.444 e. The minimum absolute atomic E-state index is 0.0757. The van der Waals surface area contributed by atoms with Gasteiger partial charge in [0.25, 0.3) is 0 Å². The fraction of sp³-hybridized carbons (Fsp3) is 0.143. The first-order valence-corrected chi connectivity index (χ1v) is 6.15. The summed E-state index contributed by atoms with van der Waals surface area (Å²) >= 11 is 0. The second kappa shape index (κ2) is 6.47. The Kier molecular flexibility index (Phi) is 4.45. The zero-order chi connectivity index (χ0) is 15.2. The molecule has 1 aromatic carbocycles. The van der Waals surface area contributed by atoms with E-state index in [4.69, 9.17) is 4.74 Å². The molecule has 0 fully saturated rings. The zero-order valence-electron chi connectivity index (χ0n) is 11.3. The lowest BCUT2D eigenvalue weighted by molar-refractivity contribution is -0.384. The lowest BCUT2D eigenvalue weighted by atomic mass is 10.2. The van der Waals surface area contributed by atoms with Crippen LogP contribution in [0.2, 0.25) is 0 Å². The summed E-state index contributed by atoms with van der Waals surface area (Å²) in [5.74, 6) is -0.135. The Bertz CT molecular complexity index is 659. The fourth-order valence-corrected chi connectivity index (χ4v) is 1.65. The number of nitrogens with zero attached hydrogens (tertiary/aromatic N) is 2. The van der Waals surface area contributed by atoms with Gasteiger partial charge < -0.3 is 4.74 Å². The molecule has 0 unspecified atom stereocenters. The number of carbonyl (C=O) groups excluding carboxylic acids is 1. The average molecular weight is 287 g/mol. The molecule has 1 heterocycles. The van der Waals surface area contributed by atoms with Gasteiger partial charge in [0.1, 0.15) is 6.61 Å². The Morgan fingerprint density at radius 1 is 1.38 bits per heavy atom. The van der Waals surface area contributed by atoms with Gasteiger partial charge in [-0.25, -0.2) is 9.78 Å². The van der Waals surface area contributed by atoms with Gasteiger partial charge in [-0.15, -0.1) is 0 Å². The molecule has 0 aliphatic rings. The van der Waals surface area contributed by atoms with Gasteiger partial charge in [0.05, 0.1) is 4.92 Å². The highest BCUT2D eigenvalue weighted by molar-refractivity contribution is 5.86. The highest BCUT2D eigenvalue weighted by atomic mass is 16.6.